The van der Waals surface area contributed by atoms with E-state index in [0.717, 1.165) is 12.8 Å². The van der Waals surface area contributed by atoms with Gasteiger partial charge in [-0.15, -0.1) is 0 Å². The summed E-state index contributed by atoms with van der Waals surface area (Å²) in [7, 11) is 0. The van der Waals surface area contributed by atoms with Crippen molar-refractivity contribution in [2.75, 3.05) is 0 Å². The van der Waals surface area contributed by atoms with Crippen LogP contribution in [0.2, 0.25) is 0 Å². The molecule has 0 rings (SSSR count). The van der Waals surface area contributed by atoms with Crippen molar-refractivity contribution in [1.29, 1.82) is 0 Å². The Morgan fingerprint density at radius 2 is 1.12 bits per heavy atom. The van der Waals surface area contributed by atoms with E-state index in [1.165, 1.54) is 57.8 Å². The van der Waals surface area contributed by atoms with Gasteiger partial charge in [-0.1, -0.05) is 71.1 Å². The number of unbranched alkanes of at least 4 members (excludes halogenated alkanes) is 10. The van der Waals surface area contributed by atoms with Crippen molar-refractivity contribution in [3.8, 4) is 0 Å². The van der Waals surface area contributed by atoms with Crippen LogP contribution >= 0.6 is 0 Å². The minimum absolute atomic E-state index is 0. The molecule has 0 aliphatic carbocycles. The molecule has 3 heteroatoms. The number of carbonyl (C=O) groups is 1. The van der Waals surface area contributed by atoms with Gasteiger partial charge in [0.25, 0.3) is 0 Å². The maximum atomic E-state index is 10.3. The number of hydrogen-bond acceptors (Lipinski definition) is 1. The first-order valence-electron chi connectivity index (χ1n) is 6.99. The van der Waals surface area contributed by atoms with E-state index >= 15 is 0 Å². The second-order valence-electron chi connectivity index (χ2n) is 4.68. The zero-order valence-electron chi connectivity index (χ0n) is 10.8. The number of carboxylic acids is 1. The molecule has 0 spiro atoms. The predicted octanol–water partition coefficient (Wildman–Crippen LogP) is 3.86. The van der Waals surface area contributed by atoms with Gasteiger partial charge in [-0.3, -0.25) is 4.79 Å². The summed E-state index contributed by atoms with van der Waals surface area (Å²) in [6, 6.07) is 0. The molecule has 0 aliphatic rings. The molecule has 0 radical (unpaired) electrons. The number of hydrogen-bond donors (Lipinski definition) is 1. The van der Waals surface area contributed by atoms with Crippen molar-refractivity contribution in [2.45, 2.75) is 84.0 Å². The molecule has 0 fully saturated rings. The van der Waals surface area contributed by atoms with Crippen molar-refractivity contribution in [3.05, 3.63) is 0 Å². The fraction of sp³-hybridized carbons (Fsp3) is 0.929. The molecular weight excluding hydrogens is 288 g/mol. The fourth-order valence-corrected chi connectivity index (χ4v) is 1.94. The molecule has 0 saturated carbocycles. The average Bonchev–Trinajstić information content (AvgIpc) is 2.25. The minimum atomic E-state index is -0.657. The van der Waals surface area contributed by atoms with Gasteiger partial charge in [0.15, 0.2) is 0 Å². The molecule has 17 heavy (non-hydrogen) atoms. The molecule has 0 atom stereocenters. The maximum absolute atomic E-state index is 10.3. The van der Waals surface area contributed by atoms with Crippen molar-refractivity contribution in [1.82, 2.24) is 0 Å². The van der Waals surface area contributed by atoms with Crippen LogP contribution < -0.4 is 0 Å². The standard InChI is InChI=1S/C14H28O2.Sr.2H/c1-2-3-4-5-6-7-8-9-10-11-12-13-14(15)16;;;/h2-13H2,1H3,(H,15,16);;;. The van der Waals surface area contributed by atoms with Crippen LogP contribution in [0.1, 0.15) is 84.0 Å². The molecule has 0 aromatic heterocycles. The summed E-state index contributed by atoms with van der Waals surface area (Å²) < 4.78 is 0. The van der Waals surface area contributed by atoms with Crippen LogP contribution in [0.25, 0.3) is 0 Å². The van der Waals surface area contributed by atoms with Gasteiger partial charge in [0, 0.05) is 6.42 Å². The molecule has 0 heterocycles. The van der Waals surface area contributed by atoms with Gasteiger partial charge in [0.05, 0.1) is 0 Å². The van der Waals surface area contributed by atoms with Crippen LogP contribution in [0.3, 0.4) is 0 Å². The summed E-state index contributed by atoms with van der Waals surface area (Å²) >= 11 is 0. The van der Waals surface area contributed by atoms with Gasteiger partial charge >= 0.3 is 51.5 Å². The van der Waals surface area contributed by atoms with E-state index in [2.05, 4.69) is 6.92 Å². The summed E-state index contributed by atoms with van der Waals surface area (Å²) in [6.45, 7) is 2.25. The number of carboxylic acid groups (broad SMARTS) is 1. The predicted molar refractivity (Wildman–Crippen MR) is 77.3 cm³/mol. The Kier molecular flexibility index (Phi) is 20.2. The SMILES string of the molecule is CCCCCCCCCCCCCC(=O)O.[SrH2]. The van der Waals surface area contributed by atoms with Gasteiger partial charge < -0.3 is 5.11 Å². The molecule has 0 aliphatic heterocycles. The summed E-state index contributed by atoms with van der Waals surface area (Å²) in [6.07, 6.45) is 14.4. The molecular formula is C14H30O2Sr. The van der Waals surface area contributed by atoms with E-state index in [1.54, 1.807) is 0 Å². The van der Waals surface area contributed by atoms with Gasteiger partial charge in [-0.05, 0) is 6.42 Å². The van der Waals surface area contributed by atoms with Crippen LogP contribution in [0, 0.1) is 0 Å². The Bertz CT molecular complexity index is 160. The first-order valence-corrected chi connectivity index (χ1v) is 6.99. The molecule has 2 nitrogen and oxygen atoms in total. The van der Waals surface area contributed by atoms with Crippen molar-refractivity contribution in [3.63, 3.8) is 0 Å². The fourth-order valence-electron chi connectivity index (χ4n) is 1.94. The van der Waals surface area contributed by atoms with E-state index in [1.807, 2.05) is 0 Å². The summed E-state index contributed by atoms with van der Waals surface area (Å²) in [5.41, 5.74) is 0. The normalized spacial score (nSPS) is 9.94. The summed E-state index contributed by atoms with van der Waals surface area (Å²) in [5.74, 6) is -0.657. The Morgan fingerprint density at radius 3 is 1.47 bits per heavy atom. The zero-order chi connectivity index (χ0) is 12.1. The third kappa shape index (κ3) is 19.5. The quantitative estimate of drug-likeness (QED) is 0.438. The van der Waals surface area contributed by atoms with E-state index in [-0.39, 0.29) is 45.5 Å². The van der Waals surface area contributed by atoms with Gasteiger partial charge in [-0.25, -0.2) is 0 Å². The van der Waals surface area contributed by atoms with Crippen LogP contribution in [-0.2, 0) is 4.79 Å². The second kappa shape index (κ2) is 17.0. The Balaban J connectivity index is 0. The Labute approximate surface area is 144 Å². The molecule has 0 unspecified atom stereocenters. The summed E-state index contributed by atoms with van der Waals surface area (Å²) in [5, 5.41) is 8.46. The van der Waals surface area contributed by atoms with Crippen molar-refractivity contribution in [2.24, 2.45) is 0 Å². The Morgan fingerprint density at radius 1 is 0.765 bits per heavy atom. The van der Waals surface area contributed by atoms with Crippen LogP contribution in [0.4, 0.5) is 0 Å². The number of aliphatic carboxylic acids is 1. The third-order valence-electron chi connectivity index (χ3n) is 2.99. The van der Waals surface area contributed by atoms with E-state index < -0.39 is 5.97 Å². The average molecular weight is 318 g/mol. The van der Waals surface area contributed by atoms with E-state index in [0.29, 0.717) is 6.42 Å². The van der Waals surface area contributed by atoms with E-state index in [9.17, 15) is 4.79 Å². The molecule has 100 valence electrons. The van der Waals surface area contributed by atoms with E-state index in [4.69, 9.17) is 5.11 Å². The number of rotatable bonds is 12. The molecule has 0 saturated heterocycles. The van der Waals surface area contributed by atoms with Crippen molar-refractivity contribution < 1.29 is 9.90 Å². The van der Waals surface area contributed by atoms with Gasteiger partial charge in [-0.2, -0.15) is 0 Å². The van der Waals surface area contributed by atoms with Gasteiger partial charge in [0.1, 0.15) is 0 Å². The molecule has 0 aromatic rings. The molecule has 0 aromatic carbocycles. The van der Waals surface area contributed by atoms with Crippen LogP contribution in [0.5, 0.6) is 0 Å². The third-order valence-corrected chi connectivity index (χ3v) is 2.99. The van der Waals surface area contributed by atoms with Gasteiger partial charge in [0.2, 0.25) is 0 Å². The second-order valence-corrected chi connectivity index (χ2v) is 4.68. The topological polar surface area (TPSA) is 37.3 Å². The van der Waals surface area contributed by atoms with Crippen LogP contribution in [-0.4, -0.2) is 56.6 Å². The van der Waals surface area contributed by atoms with Crippen LogP contribution in [0.15, 0.2) is 0 Å². The summed E-state index contributed by atoms with van der Waals surface area (Å²) in [4.78, 5) is 10.3. The molecule has 0 bridgehead atoms. The molecule has 0 amide bonds. The molecule has 1 N–H and O–H groups in total. The Hall–Kier alpha value is 0.951. The monoisotopic (exact) mass is 318 g/mol. The first kappa shape index (κ1) is 20.3. The zero-order valence-corrected chi connectivity index (χ0v) is 10.8. The first-order chi connectivity index (χ1) is 7.77. The van der Waals surface area contributed by atoms with Crippen molar-refractivity contribution >= 4 is 51.5 Å².